The largest absolute Gasteiger partial charge is 0.450 e. The number of aromatic nitrogens is 2. The first-order valence-corrected chi connectivity index (χ1v) is 8.84. The van der Waals surface area contributed by atoms with Crippen molar-refractivity contribution in [1.82, 2.24) is 24.9 Å². The Balaban J connectivity index is 0.00000338. The molecule has 0 bridgehead atoms. The Kier molecular flexibility index (Phi) is 9.17. The van der Waals surface area contributed by atoms with Gasteiger partial charge in [-0.2, -0.15) is 5.10 Å². The second kappa shape index (κ2) is 10.6. The number of rotatable bonds is 4. The summed E-state index contributed by atoms with van der Waals surface area (Å²) in [6.07, 6.45) is 0.681. The second-order valence-electron chi connectivity index (χ2n) is 6.17. The molecular formula is C17H31IN6O2. The fourth-order valence-electron chi connectivity index (χ4n) is 3.13. The number of nitrogens with one attached hydrogen (secondary N) is 1. The highest BCUT2D eigenvalue weighted by Crippen LogP contribution is 2.12. The van der Waals surface area contributed by atoms with Crippen LogP contribution in [0.15, 0.2) is 4.99 Å². The maximum atomic E-state index is 11.8. The number of nitrogens with zero attached hydrogens (tertiary/aromatic N) is 5. The molecular weight excluding hydrogens is 447 g/mol. The topological polar surface area (TPSA) is 75.0 Å². The molecule has 1 aliphatic heterocycles. The van der Waals surface area contributed by atoms with Gasteiger partial charge in [0.15, 0.2) is 5.96 Å². The number of aliphatic imine (C=N–C) groups is 1. The number of halogens is 1. The van der Waals surface area contributed by atoms with Gasteiger partial charge in [0.1, 0.15) is 0 Å². The number of hydrogen-bond acceptors (Lipinski definition) is 4. The Hall–Kier alpha value is -1.52. The minimum atomic E-state index is -0.229. The SMILES string of the molecule is CCOC(=O)N1CCN(C(=NC)NCCc2c(C)nn(C)c2C)CC1.I. The summed E-state index contributed by atoms with van der Waals surface area (Å²) in [5, 5.41) is 7.88. The summed E-state index contributed by atoms with van der Waals surface area (Å²) in [5.74, 6) is 0.878. The van der Waals surface area contributed by atoms with Crippen LogP contribution in [0.4, 0.5) is 4.79 Å². The fourth-order valence-corrected chi connectivity index (χ4v) is 3.13. The number of aryl methyl sites for hydroxylation is 2. The van der Waals surface area contributed by atoms with E-state index in [-0.39, 0.29) is 30.1 Å². The Morgan fingerprint density at radius 2 is 1.85 bits per heavy atom. The highest BCUT2D eigenvalue weighted by atomic mass is 127. The molecule has 1 aliphatic rings. The molecule has 0 spiro atoms. The van der Waals surface area contributed by atoms with Crippen LogP contribution in [0.25, 0.3) is 0 Å². The van der Waals surface area contributed by atoms with E-state index < -0.39 is 0 Å². The van der Waals surface area contributed by atoms with E-state index in [9.17, 15) is 4.79 Å². The third-order valence-corrected chi connectivity index (χ3v) is 4.63. The molecule has 0 radical (unpaired) electrons. The smallest absolute Gasteiger partial charge is 0.409 e. The number of piperazine rings is 1. The van der Waals surface area contributed by atoms with E-state index in [0.29, 0.717) is 19.7 Å². The lowest BCUT2D eigenvalue weighted by molar-refractivity contribution is 0.0915. The van der Waals surface area contributed by atoms with E-state index in [0.717, 1.165) is 37.7 Å². The van der Waals surface area contributed by atoms with E-state index in [1.807, 2.05) is 25.6 Å². The van der Waals surface area contributed by atoms with E-state index in [2.05, 4.69) is 27.2 Å². The molecule has 9 heteroatoms. The molecule has 1 saturated heterocycles. The summed E-state index contributed by atoms with van der Waals surface area (Å²) in [7, 11) is 3.77. The van der Waals surface area contributed by atoms with Gasteiger partial charge in [-0.3, -0.25) is 9.67 Å². The summed E-state index contributed by atoms with van der Waals surface area (Å²) < 4.78 is 6.98. The van der Waals surface area contributed by atoms with Crippen LogP contribution in [-0.2, 0) is 18.2 Å². The van der Waals surface area contributed by atoms with Gasteiger partial charge in [-0.15, -0.1) is 24.0 Å². The number of amides is 1. The first kappa shape index (κ1) is 22.5. The molecule has 1 aromatic heterocycles. The van der Waals surface area contributed by atoms with Gasteiger partial charge < -0.3 is 19.9 Å². The molecule has 1 N–H and O–H groups in total. The monoisotopic (exact) mass is 478 g/mol. The van der Waals surface area contributed by atoms with Crippen molar-refractivity contribution in [1.29, 1.82) is 0 Å². The lowest BCUT2D eigenvalue weighted by Gasteiger charge is -2.35. The van der Waals surface area contributed by atoms with Crippen LogP contribution in [0, 0.1) is 13.8 Å². The second-order valence-corrected chi connectivity index (χ2v) is 6.17. The Morgan fingerprint density at radius 3 is 2.35 bits per heavy atom. The van der Waals surface area contributed by atoms with Gasteiger partial charge in [0.25, 0.3) is 0 Å². The quantitative estimate of drug-likeness (QED) is 0.404. The molecule has 0 atom stereocenters. The van der Waals surface area contributed by atoms with Crippen molar-refractivity contribution < 1.29 is 9.53 Å². The molecule has 2 rings (SSSR count). The average Bonchev–Trinajstić information content (AvgIpc) is 2.85. The van der Waals surface area contributed by atoms with Crippen molar-refractivity contribution in [3.8, 4) is 0 Å². The molecule has 0 unspecified atom stereocenters. The summed E-state index contributed by atoms with van der Waals surface area (Å²) >= 11 is 0. The van der Waals surface area contributed by atoms with E-state index >= 15 is 0 Å². The maximum Gasteiger partial charge on any atom is 0.409 e. The molecule has 1 fully saturated rings. The zero-order valence-corrected chi connectivity index (χ0v) is 18.7. The number of guanidine groups is 1. The number of ether oxygens (including phenoxy) is 1. The molecule has 0 saturated carbocycles. The maximum absolute atomic E-state index is 11.8. The number of carbonyl (C=O) groups excluding carboxylic acids is 1. The third kappa shape index (κ3) is 5.49. The molecule has 1 aromatic rings. The normalized spacial score (nSPS) is 14.9. The molecule has 8 nitrogen and oxygen atoms in total. The predicted octanol–water partition coefficient (Wildman–Crippen LogP) is 1.55. The van der Waals surface area contributed by atoms with Crippen molar-refractivity contribution in [2.75, 3.05) is 46.4 Å². The number of hydrogen-bond donors (Lipinski definition) is 1. The first-order valence-electron chi connectivity index (χ1n) is 8.84. The molecule has 148 valence electrons. The standard InChI is InChI=1S/C17H30N6O2.HI/c1-6-25-17(24)23-11-9-22(10-12-23)16(18-4)19-8-7-15-13(2)20-21(5)14(15)3;/h6-12H2,1-5H3,(H,18,19);1H. The molecule has 0 aliphatic carbocycles. The molecule has 26 heavy (non-hydrogen) atoms. The van der Waals surface area contributed by atoms with Crippen molar-refractivity contribution in [3.05, 3.63) is 17.0 Å². The summed E-state index contributed by atoms with van der Waals surface area (Å²) in [6, 6.07) is 0. The molecule has 1 amide bonds. The summed E-state index contributed by atoms with van der Waals surface area (Å²) in [5.41, 5.74) is 3.58. The zero-order chi connectivity index (χ0) is 18.4. The van der Waals surface area contributed by atoms with Crippen LogP contribution in [0.1, 0.15) is 23.9 Å². The van der Waals surface area contributed by atoms with E-state index in [4.69, 9.17) is 4.74 Å². The molecule has 0 aromatic carbocycles. The lowest BCUT2D eigenvalue weighted by Crippen LogP contribution is -2.54. The summed E-state index contributed by atoms with van der Waals surface area (Å²) in [4.78, 5) is 20.1. The van der Waals surface area contributed by atoms with Crippen molar-refractivity contribution in [3.63, 3.8) is 0 Å². The van der Waals surface area contributed by atoms with E-state index in [1.54, 1.807) is 11.9 Å². The molecule has 2 heterocycles. The minimum absolute atomic E-state index is 0. The Bertz CT molecular complexity index is 623. The van der Waals surface area contributed by atoms with Gasteiger partial charge in [0.05, 0.1) is 12.3 Å². The van der Waals surface area contributed by atoms with E-state index in [1.165, 1.54) is 11.3 Å². The minimum Gasteiger partial charge on any atom is -0.450 e. The highest BCUT2D eigenvalue weighted by Gasteiger charge is 2.23. The van der Waals surface area contributed by atoms with Crippen molar-refractivity contribution >= 4 is 36.0 Å². The lowest BCUT2D eigenvalue weighted by atomic mass is 10.1. The average molecular weight is 478 g/mol. The number of carbonyl (C=O) groups is 1. The van der Waals surface area contributed by atoms with Crippen LogP contribution in [0.5, 0.6) is 0 Å². The predicted molar refractivity (Wildman–Crippen MR) is 113 cm³/mol. The third-order valence-electron chi connectivity index (χ3n) is 4.63. The van der Waals surface area contributed by atoms with Gasteiger partial charge in [-0.25, -0.2) is 4.79 Å². The van der Waals surface area contributed by atoms with Crippen molar-refractivity contribution in [2.24, 2.45) is 12.0 Å². The van der Waals surface area contributed by atoms with Crippen LogP contribution in [0.3, 0.4) is 0 Å². The highest BCUT2D eigenvalue weighted by molar-refractivity contribution is 14.0. The van der Waals surface area contributed by atoms with Gasteiger partial charge >= 0.3 is 6.09 Å². The van der Waals surface area contributed by atoms with Gasteiger partial charge in [-0.1, -0.05) is 0 Å². The van der Waals surface area contributed by atoms with Crippen LogP contribution in [-0.4, -0.2) is 78.0 Å². The fraction of sp³-hybridized carbons (Fsp3) is 0.706. The Labute approximate surface area is 173 Å². The first-order chi connectivity index (χ1) is 12.0. The van der Waals surface area contributed by atoms with Crippen LogP contribution in [0.2, 0.25) is 0 Å². The zero-order valence-electron chi connectivity index (χ0n) is 16.4. The van der Waals surface area contributed by atoms with Gasteiger partial charge in [-0.05, 0) is 32.8 Å². The van der Waals surface area contributed by atoms with Gasteiger partial charge in [0.2, 0.25) is 0 Å². The summed E-state index contributed by atoms with van der Waals surface area (Å²) in [6.45, 7) is 10.00. The van der Waals surface area contributed by atoms with Gasteiger partial charge in [0, 0.05) is 52.5 Å². The Morgan fingerprint density at radius 1 is 1.23 bits per heavy atom. The van der Waals surface area contributed by atoms with Crippen LogP contribution >= 0.6 is 24.0 Å². The van der Waals surface area contributed by atoms with Crippen LogP contribution < -0.4 is 5.32 Å². The van der Waals surface area contributed by atoms with Crippen molar-refractivity contribution in [2.45, 2.75) is 27.2 Å².